The molecule has 0 amide bonds. The van der Waals surface area contributed by atoms with E-state index in [1.807, 2.05) is 25.1 Å². The molecule has 0 saturated heterocycles. The first-order valence-corrected chi connectivity index (χ1v) is 6.68. The molecule has 0 fully saturated rings. The number of hydrogen-bond donors (Lipinski definition) is 1. The van der Waals surface area contributed by atoms with E-state index >= 15 is 0 Å². The summed E-state index contributed by atoms with van der Waals surface area (Å²) in [7, 11) is 0. The predicted molar refractivity (Wildman–Crippen MR) is 72.5 cm³/mol. The van der Waals surface area contributed by atoms with E-state index in [2.05, 4.69) is 42.0 Å². The van der Waals surface area contributed by atoms with Gasteiger partial charge in [0.1, 0.15) is 0 Å². The topological polar surface area (TPSA) is 64.9 Å². The third-order valence-electron chi connectivity index (χ3n) is 2.08. The Morgan fingerprint density at radius 2 is 1.94 bits per heavy atom. The second-order valence-electron chi connectivity index (χ2n) is 3.86. The molecule has 0 aliphatic rings. The van der Waals surface area contributed by atoms with Gasteiger partial charge in [-0.05, 0) is 25.1 Å². The molecule has 1 atom stereocenters. The van der Waals surface area contributed by atoms with Gasteiger partial charge in [-0.1, -0.05) is 37.0 Å². The van der Waals surface area contributed by atoms with Crippen LogP contribution in [0.2, 0.25) is 0 Å². The van der Waals surface area contributed by atoms with Gasteiger partial charge in [0.15, 0.2) is 5.82 Å². The van der Waals surface area contributed by atoms with Crippen LogP contribution in [0.1, 0.15) is 12.7 Å². The van der Waals surface area contributed by atoms with Crippen molar-refractivity contribution in [1.29, 1.82) is 0 Å². The molecule has 0 aliphatic heterocycles. The molecule has 90 valence electrons. The Morgan fingerprint density at radius 1 is 1.29 bits per heavy atom. The van der Waals surface area contributed by atoms with E-state index in [1.165, 1.54) is 0 Å². The summed E-state index contributed by atoms with van der Waals surface area (Å²) in [6.07, 6.45) is 0.610. The smallest absolute Gasteiger partial charge is 0.257 e. The fourth-order valence-corrected chi connectivity index (χ4v) is 2.71. The molecule has 2 N–H and O–H groups in total. The van der Waals surface area contributed by atoms with Crippen molar-refractivity contribution in [3.8, 4) is 11.5 Å². The van der Waals surface area contributed by atoms with Crippen molar-refractivity contribution in [1.82, 2.24) is 10.1 Å². The number of hydrogen-bond acceptors (Lipinski definition) is 4. The summed E-state index contributed by atoms with van der Waals surface area (Å²) in [5.41, 5.74) is 6.55. The molecule has 0 saturated carbocycles. The molecule has 1 heterocycles. The molecule has 17 heavy (non-hydrogen) atoms. The molecule has 1 aromatic carbocycles. The molecule has 2 rings (SSSR count). The first-order valence-electron chi connectivity index (χ1n) is 5.09. The van der Waals surface area contributed by atoms with Crippen molar-refractivity contribution < 1.29 is 4.52 Å². The highest BCUT2D eigenvalue weighted by Gasteiger charge is 2.11. The molecular weight excluding hydrogens is 350 g/mol. The van der Waals surface area contributed by atoms with Crippen LogP contribution >= 0.6 is 31.9 Å². The van der Waals surface area contributed by atoms with Gasteiger partial charge < -0.3 is 10.3 Å². The maximum absolute atomic E-state index is 5.68. The molecular formula is C11H11Br2N3O. The highest BCUT2D eigenvalue weighted by molar-refractivity contribution is 9.11. The van der Waals surface area contributed by atoms with Crippen LogP contribution in [0, 0.1) is 0 Å². The van der Waals surface area contributed by atoms with E-state index in [-0.39, 0.29) is 6.04 Å². The molecule has 6 heteroatoms. The summed E-state index contributed by atoms with van der Waals surface area (Å²) in [5, 5.41) is 3.90. The van der Waals surface area contributed by atoms with Crippen LogP contribution in [0.25, 0.3) is 11.5 Å². The Balaban J connectivity index is 2.30. The quantitative estimate of drug-likeness (QED) is 0.913. The van der Waals surface area contributed by atoms with E-state index < -0.39 is 0 Å². The van der Waals surface area contributed by atoms with Gasteiger partial charge in [-0.15, -0.1) is 0 Å². The highest BCUT2D eigenvalue weighted by atomic mass is 79.9. The van der Waals surface area contributed by atoms with E-state index in [9.17, 15) is 0 Å². The summed E-state index contributed by atoms with van der Waals surface area (Å²) in [6, 6.07) is 5.82. The fraction of sp³-hybridized carbons (Fsp3) is 0.273. The Hall–Kier alpha value is -0.720. The SMILES string of the molecule is CC(N)Cc1noc(-c2cc(Br)cc(Br)c2)n1. The largest absolute Gasteiger partial charge is 0.334 e. The number of aromatic nitrogens is 2. The van der Waals surface area contributed by atoms with Crippen LogP contribution in [0.3, 0.4) is 0 Å². The number of nitrogens with zero attached hydrogens (tertiary/aromatic N) is 2. The van der Waals surface area contributed by atoms with Gasteiger partial charge in [0.05, 0.1) is 0 Å². The lowest BCUT2D eigenvalue weighted by molar-refractivity contribution is 0.420. The molecule has 0 bridgehead atoms. The lowest BCUT2D eigenvalue weighted by Gasteiger charge is -1.98. The standard InChI is InChI=1S/C11H11Br2N3O/c1-6(14)2-10-15-11(17-16-10)7-3-8(12)5-9(13)4-7/h3-6H,2,14H2,1H3. The molecule has 0 aliphatic carbocycles. The number of rotatable bonds is 3. The zero-order valence-corrected chi connectivity index (χ0v) is 12.3. The maximum atomic E-state index is 5.68. The van der Waals surface area contributed by atoms with Gasteiger partial charge >= 0.3 is 0 Å². The zero-order chi connectivity index (χ0) is 12.4. The van der Waals surface area contributed by atoms with Crippen LogP contribution in [0.5, 0.6) is 0 Å². The summed E-state index contributed by atoms with van der Waals surface area (Å²) in [4.78, 5) is 4.30. The third kappa shape index (κ3) is 3.37. The Kier molecular flexibility index (Phi) is 3.96. The van der Waals surface area contributed by atoms with Gasteiger partial charge in [0, 0.05) is 27.0 Å². The summed E-state index contributed by atoms with van der Waals surface area (Å²) in [5.74, 6) is 1.13. The second kappa shape index (κ2) is 5.29. The van der Waals surface area contributed by atoms with Gasteiger partial charge in [-0.3, -0.25) is 0 Å². The molecule has 0 radical (unpaired) electrons. The highest BCUT2D eigenvalue weighted by Crippen LogP contribution is 2.26. The Morgan fingerprint density at radius 3 is 2.53 bits per heavy atom. The minimum absolute atomic E-state index is 0.0229. The van der Waals surface area contributed by atoms with E-state index in [0.717, 1.165) is 14.5 Å². The predicted octanol–water partition coefficient (Wildman–Crippen LogP) is 3.15. The van der Waals surface area contributed by atoms with Crippen molar-refractivity contribution in [3.05, 3.63) is 33.0 Å². The van der Waals surface area contributed by atoms with Gasteiger partial charge in [-0.2, -0.15) is 4.98 Å². The minimum Gasteiger partial charge on any atom is -0.334 e. The molecule has 1 aromatic heterocycles. The average Bonchev–Trinajstić information content (AvgIpc) is 2.63. The van der Waals surface area contributed by atoms with Crippen molar-refractivity contribution in [2.45, 2.75) is 19.4 Å². The molecule has 2 aromatic rings. The van der Waals surface area contributed by atoms with E-state index in [1.54, 1.807) is 0 Å². The average molecular weight is 361 g/mol. The van der Waals surface area contributed by atoms with Crippen LogP contribution in [-0.2, 0) is 6.42 Å². The lowest BCUT2D eigenvalue weighted by Crippen LogP contribution is -2.18. The summed E-state index contributed by atoms with van der Waals surface area (Å²) < 4.78 is 7.11. The van der Waals surface area contributed by atoms with E-state index in [4.69, 9.17) is 10.3 Å². The van der Waals surface area contributed by atoms with E-state index in [0.29, 0.717) is 18.1 Å². The maximum Gasteiger partial charge on any atom is 0.257 e. The molecule has 1 unspecified atom stereocenters. The van der Waals surface area contributed by atoms with Crippen LogP contribution in [0.4, 0.5) is 0 Å². The zero-order valence-electron chi connectivity index (χ0n) is 9.15. The van der Waals surface area contributed by atoms with Crippen molar-refractivity contribution in [3.63, 3.8) is 0 Å². The van der Waals surface area contributed by atoms with Gasteiger partial charge in [0.25, 0.3) is 5.89 Å². The van der Waals surface area contributed by atoms with Crippen molar-refractivity contribution in [2.24, 2.45) is 5.73 Å². The first-order chi connectivity index (χ1) is 8.04. The Labute approximate surface area is 116 Å². The van der Waals surface area contributed by atoms with Crippen molar-refractivity contribution >= 4 is 31.9 Å². The number of benzene rings is 1. The van der Waals surface area contributed by atoms with Crippen LogP contribution in [-0.4, -0.2) is 16.2 Å². The summed E-state index contributed by atoms with van der Waals surface area (Å²) >= 11 is 6.83. The number of halogens is 2. The Bertz CT molecular complexity index is 505. The number of nitrogens with two attached hydrogens (primary N) is 1. The first kappa shape index (κ1) is 12.7. The van der Waals surface area contributed by atoms with Gasteiger partial charge in [-0.25, -0.2) is 0 Å². The monoisotopic (exact) mass is 359 g/mol. The summed E-state index contributed by atoms with van der Waals surface area (Å²) in [6.45, 7) is 1.91. The third-order valence-corrected chi connectivity index (χ3v) is 3.00. The fourth-order valence-electron chi connectivity index (χ4n) is 1.42. The second-order valence-corrected chi connectivity index (χ2v) is 5.69. The van der Waals surface area contributed by atoms with Crippen LogP contribution in [0.15, 0.2) is 31.7 Å². The van der Waals surface area contributed by atoms with Crippen LogP contribution < -0.4 is 5.73 Å². The minimum atomic E-state index is 0.0229. The molecule has 0 spiro atoms. The van der Waals surface area contributed by atoms with Crippen molar-refractivity contribution in [2.75, 3.05) is 0 Å². The lowest BCUT2D eigenvalue weighted by atomic mass is 10.2. The van der Waals surface area contributed by atoms with Gasteiger partial charge in [0.2, 0.25) is 0 Å². The normalized spacial score (nSPS) is 12.7. The molecule has 4 nitrogen and oxygen atoms in total.